The smallest absolute Gasteiger partial charge is 0.315 e. The van der Waals surface area contributed by atoms with E-state index in [0.29, 0.717) is 16.5 Å². The van der Waals surface area contributed by atoms with Crippen molar-refractivity contribution in [3.05, 3.63) is 34.1 Å². The molecule has 0 radical (unpaired) electrons. The summed E-state index contributed by atoms with van der Waals surface area (Å²) in [6, 6.07) is 4.04. The van der Waals surface area contributed by atoms with Gasteiger partial charge in [0.05, 0.1) is 5.60 Å². The molecule has 1 aromatic carbocycles. The normalized spacial score (nSPS) is 13.7. The Balaban J connectivity index is 2.42. The number of rotatable bonds is 5. The Kier molecular flexibility index (Phi) is 5.75. The van der Waals surface area contributed by atoms with E-state index in [2.05, 4.69) is 26.6 Å². The minimum atomic E-state index is -0.917. The Bertz CT molecular complexity index is 432. The number of carbonyl (C=O) groups is 1. The molecule has 0 heterocycles. The summed E-state index contributed by atoms with van der Waals surface area (Å²) in [5.41, 5.74) is -0.261. The van der Waals surface area contributed by atoms with Crippen molar-refractivity contribution in [2.75, 3.05) is 6.54 Å². The summed E-state index contributed by atoms with van der Waals surface area (Å²) in [7, 11) is 0. The lowest BCUT2D eigenvalue weighted by atomic mass is 10.0. The summed E-state index contributed by atoms with van der Waals surface area (Å²) in [5.74, 6) is -0.361. The van der Waals surface area contributed by atoms with Gasteiger partial charge in [0.25, 0.3) is 0 Å². The third-order valence-corrected chi connectivity index (χ3v) is 3.22. The highest BCUT2D eigenvalue weighted by molar-refractivity contribution is 9.10. The molecular weight excluding hydrogens is 315 g/mol. The third kappa shape index (κ3) is 6.02. The molecule has 1 aromatic rings. The molecular formula is C13H18BrFN2O2. The quantitative estimate of drug-likeness (QED) is 0.776. The van der Waals surface area contributed by atoms with Gasteiger partial charge in [-0.2, -0.15) is 0 Å². The Morgan fingerprint density at radius 2 is 2.11 bits per heavy atom. The molecule has 3 N–H and O–H groups in total. The highest BCUT2D eigenvalue weighted by atomic mass is 79.9. The number of nitrogens with one attached hydrogen (secondary N) is 2. The second-order valence-electron chi connectivity index (χ2n) is 4.66. The van der Waals surface area contributed by atoms with E-state index in [1.54, 1.807) is 13.0 Å². The fourth-order valence-electron chi connectivity index (χ4n) is 1.35. The van der Waals surface area contributed by atoms with Crippen LogP contribution in [0.1, 0.15) is 25.8 Å². The molecule has 0 saturated heterocycles. The maximum atomic E-state index is 13.1. The topological polar surface area (TPSA) is 61.4 Å². The van der Waals surface area contributed by atoms with Gasteiger partial charge >= 0.3 is 6.03 Å². The second-order valence-corrected chi connectivity index (χ2v) is 5.58. The zero-order chi connectivity index (χ0) is 14.5. The average Bonchev–Trinajstić information content (AvgIpc) is 2.33. The standard InChI is InChI=1S/C13H18BrFN2O2/c1-3-13(2,19)8-17-12(18)16-7-9-4-10(14)6-11(15)5-9/h4-6,19H,3,7-8H2,1-2H3,(H2,16,17,18)/t13-/m1/s1. The predicted octanol–water partition coefficient (Wildman–Crippen LogP) is 2.55. The molecule has 4 nitrogen and oxygen atoms in total. The molecule has 0 unspecified atom stereocenters. The molecule has 0 fully saturated rings. The number of amides is 2. The van der Waals surface area contributed by atoms with Gasteiger partial charge in [0.15, 0.2) is 0 Å². The van der Waals surface area contributed by atoms with Crippen molar-refractivity contribution in [1.82, 2.24) is 10.6 Å². The van der Waals surface area contributed by atoms with Crippen molar-refractivity contribution in [3.8, 4) is 0 Å². The number of hydrogen-bond acceptors (Lipinski definition) is 2. The van der Waals surface area contributed by atoms with E-state index in [1.165, 1.54) is 12.1 Å². The SMILES string of the molecule is CC[C@@](C)(O)CNC(=O)NCc1cc(F)cc(Br)c1. The van der Waals surface area contributed by atoms with Crippen LogP contribution in [0.3, 0.4) is 0 Å². The maximum Gasteiger partial charge on any atom is 0.315 e. The lowest BCUT2D eigenvalue weighted by molar-refractivity contribution is 0.0581. The van der Waals surface area contributed by atoms with Crippen LogP contribution in [-0.2, 0) is 6.54 Å². The predicted molar refractivity (Wildman–Crippen MR) is 75.3 cm³/mol. The Labute approximate surface area is 120 Å². The van der Waals surface area contributed by atoms with Crippen molar-refractivity contribution in [2.24, 2.45) is 0 Å². The molecule has 106 valence electrons. The van der Waals surface area contributed by atoms with Gasteiger partial charge in [-0.15, -0.1) is 0 Å². The van der Waals surface area contributed by atoms with Gasteiger partial charge in [-0.25, -0.2) is 9.18 Å². The monoisotopic (exact) mass is 332 g/mol. The van der Waals surface area contributed by atoms with Crippen molar-refractivity contribution < 1.29 is 14.3 Å². The first-order valence-electron chi connectivity index (χ1n) is 6.01. The summed E-state index contributed by atoms with van der Waals surface area (Å²) in [5, 5.41) is 14.9. The summed E-state index contributed by atoms with van der Waals surface area (Å²) in [4.78, 5) is 11.5. The fourth-order valence-corrected chi connectivity index (χ4v) is 1.87. The van der Waals surface area contributed by atoms with Crippen molar-refractivity contribution >= 4 is 22.0 Å². The highest BCUT2D eigenvalue weighted by Gasteiger charge is 2.18. The van der Waals surface area contributed by atoms with Gasteiger partial charge in [0, 0.05) is 17.6 Å². The molecule has 2 amide bonds. The highest BCUT2D eigenvalue weighted by Crippen LogP contribution is 2.14. The maximum absolute atomic E-state index is 13.1. The van der Waals surface area contributed by atoms with E-state index in [4.69, 9.17) is 0 Å². The first-order chi connectivity index (χ1) is 8.82. The van der Waals surface area contributed by atoms with E-state index in [1.807, 2.05) is 6.92 Å². The molecule has 0 saturated carbocycles. The van der Waals surface area contributed by atoms with Crippen LogP contribution >= 0.6 is 15.9 Å². The van der Waals surface area contributed by atoms with Crippen LogP contribution in [0.25, 0.3) is 0 Å². The minimum Gasteiger partial charge on any atom is -0.388 e. The van der Waals surface area contributed by atoms with Gasteiger partial charge in [-0.1, -0.05) is 22.9 Å². The molecule has 19 heavy (non-hydrogen) atoms. The van der Waals surface area contributed by atoms with Crippen LogP contribution in [0.4, 0.5) is 9.18 Å². The number of hydrogen-bond donors (Lipinski definition) is 3. The summed E-state index contributed by atoms with van der Waals surface area (Å²) in [6.07, 6.45) is 0.546. The van der Waals surface area contributed by atoms with Gasteiger partial charge < -0.3 is 15.7 Å². The largest absolute Gasteiger partial charge is 0.388 e. The Morgan fingerprint density at radius 1 is 1.42 bits per heavy atom. The van der Waals surface area contributed by atoms with Crippen LogP contribution in [0.15, 0.2) is 22.7 Å². The van der Waals surface area contributed by atoms with E-state index < -0.39 is 11.6 Å². The number of halogens is 2. The van der Waals surface area contributed by atoms with Gasteiger partial charge in [0.2, 0.25) is 0 Å². The number of urea groups is 1. The third-order valence-electron chi connectivity index (χ3n) is 2.77. The van der Waals surface area contributed by atoms with Crippen molar-refractivity contribution in [1.29, 1.82) is 0 Å². The second kappa shape index (κ2) is 6.86. The Hall–Kier alpha value is -1.14. The van der Waals surface area contributed by atoms with Crippen LogP contribution < -0.4 is 10.6 Å². The number of aliphatic hydroxyl groups is 1. The molecule has 0 bridgehead atoms. The number of benzene rings is 1. The zero-order valence-corrected chi connectivity index (χ0v) is 12.6. The lowest BCUT2D eigenvalue weighted by Gasteiger charge is -2.21. The molecule has 0 spiro atoms. The van der Waals surface area contributed by atoms with Gasteiger partial charge in [-0.3, -0.25) is 0 Å². The van der Waals surface area contributed by atoms with Crippen LogP contribution in [0.2, 0.25) is 0 Å². The minimum absolute atomic E-state index is 0.169. The average molecular weight is 333 g/mol. The van der Waals surface area contributed by atoms with E-state index in [-0.39, 0.29) is 18.9 Å². The first kappa shape index (κ1) is 15.9. The van der Waals surface area contributed by atoms with Crippen molar-refractivity contribution in [2.45, 2.75) is 32.4 Å². The van der Waals surface area contributed by atoms with Crippen LogP contribution in [0, 0.1) is 5.82 Å². The summed E-state index contributed by atoms with van der Waals surface area (Å²) >= 11 is 3.18. The molecule has 1 rings (SSSR count). The molecule has 0 aliphatic carbocycles. The fraction of sp³-hybridized carbons (Fsp3) is 0.462. The zero-order valence-electron chi connectivity index (χ0n) is 11.0. The summed E-state index contributed by atoms with van der Waals surface area (Å²) < 4.78 is 13.7. The molecule has 0 aliphatic heterocycles. The molecule has 0 aromatic heterocycles. The molecule has 0 aliphatic rings. The van der Waals surface area contributed by atoms with Crippen LogP contribution in [-0.4, -0.2) is 23.3 Å². The van der Waals surface area contributed by atoms with E-state index in [9.17, 15) is 14.3 Å². The lowest BCUT2D eigenvalue weighted by Crippen LogP contribution is -2.44. The number of carbonyl (C=O) groups excluding carboxylic acids is 1. The van der Waals surface area contributed by atoms with Gasteiger partial charge in [0.1, 0.15) is 5.82 Å². The first-order valence-corrected chi connectivity index (χ1v) is 6.81. The summed E-state index contributed by atoms with van der Waals surface area (Å²) in [6.45, 7) is 3.87. The van der Waals surface area contributed by atoms with E-state index in [0.717, 1.165) is 0 Å². The Morgan fingerprint density at radius 3 is 2.68 bits per heavy atom. The van der Waals surface area contributed by atoms with Crippen LogP contribution in [0.5, 0.6) is 0 Å². The van der Waals surface area contributed by atoms with Crippen molar-refractivity contribution in [3.63, 3.8) is 0 Å². The molecule has 6 heteroatoms. The van der Waals surface area contributed by atoms with Gasteiger partial charge in [-0.05, 0) is 37.1 Å². The van der Waals surface area contributed by atoms with E-state index >= 15 is 0 Å². The molecule has 1 atom stereocenters.